The normalized spacial score (nSPS) is 10.6. The summed E-state index contributed by atoms with van der Waals surface area (Å²) in [4.78, 5) is 10.6. The molecule has 0 spiro atoms. The highest BCUT2D eigenvalue weighted by Gasteiger charge is 1.98. The summed E-state index contributed by atoms with van der Waals surface area (Å²) in [5.41, 5.74) is 0.169. The Hall–Kier alpha value is -2.02. The molecule has 4 heteroatoms. The molecule has 1 N–H and O–H groups in total. The third-order valence-corrected chi connectivity index (χ3v) is 1.26. The second-order valence-electron chi connectivity index (χ2n) is 2.37. The van der Waals surface area contributed by atoms with Gasteiger partial charge in [-0.25, -0.2) is 0 Å². The van der Waals surface area contributed by atoms with E-state index in [1.807, 2.05) is 6.07 Å². The predicted molar refractivity (Wildman–Crippen MR) is 46.1 cm³/mol. The molecule has 1 aromatic rings. The molecule has 1 amide bonds. The van der Waals surface area contributed by atoms with Gasteiger partial charge in [0.15, 0.2) is 0 Å². The molecule has 0 radical (unpaired) electrons. The van der Waals surface area contributed by atoms with E-state index in [1.165, 1.54) is 19.3 Å². The minimum Gasteiger partial charge on any atom is -0.465 e. The number of hydrogen-bond acceptors (Lipinski definition) is 3. The monoisotopic (exact) mass is 176 g/mol. The Morgan fingerprint density at radius 1 is 1.77 bits per heavy atom. The molecule has 1 heterocycles. The second kappa shape index (κ2) is 4.12. The first kappa shape index (κ1) is 9.07. The van der Waals surface area contributed by atoms with Gasteiger partial charge in [0.2, 0.25) is 5.91 Å². The molecule has 0 aliphatic heterocycles. The van der Waals surface area contributed by atoms with E-state index < -0.39 is 0 Å². The largest absolute Gasteiger partial charge is 0.465 e. The van der Waals surface area contributed by atoms with Crippen molar-refractivity contribution < 1.29 is 9.21 Å². The number of hydrogen-bond donors (Lipinski definition) is 1. The summed E-state index contributed by atoms with van der Waals surface area (Å²) in [5.74, 6) is 0.254. The number of carbonyl (C=O) groups excluding carboxylic acids is 1. The van der Waals surface area contributed by atoms with Crippen LogP contribution in [0.5, 0.6) is 0 Å². The molecule has 0 bridgehead atoms. The number of nitrogens with one attached hydrogen (secondary N) is 1. The smallest absolute Gasteiger partial charge is 0.221 e. The number of amides is 1. The van der Waals surface area contributed by atoms with Crippen LogP contribution in [0.15, 0.2) is 28.5 Å². The highest BCUT2D eigenvalue weighted by molar-refractivity contribution is 5.77. The highest BCUT2D eigenvalue weighted by Crippen LogP contribution is 2.04. The van der Waals surface area contributed by atoms with E-state index in [0.29, 0.717) is 5.76 Å². The summed E-state index contributed by atoms with van der Waals surface area (Å²) < 4.78 is 4.97. The van der Waals surface area contributed by atoms with Gasteiger partial charge in [-0.05, 0) is 12.1 Å². The number of furan rings is 1. The Kier molecular flexibility index (Phi) is 2.87. The van der Waals surface area contributed by atoms with E-state index in [1.54, 1.807) is 12.1 Å². The first-order valence-electron chi connectivity index (χ1n) is 3.65. The number of allylic oxidation sites excluding steroid dienone is 1. The standard InChI is InChI=1S/C9H8N2O2/c1-7(12)11-8(6-10)5-9-3-2-4-13-9/h2-5H,1H3,(H,11,12)/b8-5+. The maximum Gasteiger partial charge on any atom is 0.221 e. The molecule has 0 aliphatic carbocycles. The van der Waals surface area contributed by atoms with Crippen molar-refractivity contribution in [1.29, 1.82) is 5.26 Å². The summed E-state index contributed by atoms with van der Waals surface area (Å²) in [7, 11) is 0. The molecule has 0 unspecified atom stereocenters. The van der Waals surface area contributed by atoms with Gasteiger partial charge in [0, 0.05) is 13.0 Å². The van der Waals surface area contributed by atoms with Crippen molar-refractivity contribution in [3.63, 3.8) is 0 Å². The zero-order chi connectivity index (χ0) is 9.68. The molecule has 0 aromatic carbocycles. The lowest BCUT2D eigenvalue weighted by Gasteiger charge is -1.96. The third kappa shape index (κ3) is 2.83. The zero-order valence-electron chi connectivity index (χ0n) is 7.07. The maximum absolute atomic E-state index is 10.6. The van der Waals surface area contributed by atoms with Gasteiger partial charge in [0.25, 0.3) is 0 Å². The van der Waals surface area contributed by atoms with Gasteiger partial charge in [0.1, 0.15) is 17.5 Å². The lowest BCUT2D eigenvalue weighted by atomic mass is 10.3. The molecule has 1 aromatic heterocycles. The molecule has 1 rings (SSSR count). The fourth-order valence-electron chi connectivity index (χ4n) is 0.802. The van der Waals surface area contributed by atoms with E-state index in [9.17, 15) is 4.79 Å². The number of carbonyl (C=O) groups is 1. The average Bonchev–Trinajstić information content (AvgIpc) is 2.55. The van der Waals surface area contributed by atoms with Crippen LogP contribution in [0.1, 0.15) is 12.7 Å². The van der Waals surface area contributed by atoms with Crippen LogP contribution in [0.4, 0.5) is 0 Å². The van der Waals surface area contributed by atoms with Crippen LogP contribution < -0.4 is 5.32 Å². The summed E-state index contributed by atoms with van der Waals surface area (Å²) in [6, 6.07) is 5.24. The molecular weight excluding hydrogens is 168 g/mol. The van der Waals surface area contributed by atoms with Gasteiger partial charge < -0.3 is 9.73 Å². The van der Waals surface area contributed by atoms with Crippen molar-refractivity contribution in [2.24, 2.45) is 0 Å². The van der Waals surface area contributed by atoms with Gasteiger partial charge >= 0.3 is 0 Å². The molecule has 0 saturated heterocycles. The fraction of sp³-hybridized carbons (Fsp3) is 0.111. The summed E-state index contributed by atoms with van der Waals surface area (Å²) >= 11 is 0. The van der Waals surface area contributed by atoms with Crippen LogP contribution >= 0.6 is 0 Å². The zero-order valence-corrected chi connectivity index (χ0v) is 7.07. The van der Waals surface area contributed by atoms with Crippen molar-refractivity contribution in [1.82, 2.24) is 5.32 Å². The van der Waals surface area contributed by atoms with Crippen LogP contribution in [0.2, 0.25) is 0 Å². The van der Waals surface area contributed by atoms with Crippen LogP contribution in [0.3, 0.4) is 0 Å². The Morgan fingerprint density at radius 2 is 2.54 bits per heavy atom. The molecule has 13 heavy (non-hydrogen) atoms. The number of rotatable bonds is 2. The Labute approximate surface area is 75.5 Å². The van der Waals surface area contributed by atoms with Gasteiger partial charge in [-0.15, -0.1) is 0 Å². The first-order chi connectivity index (χ1) is 6.22. The van der Waals surface area contributed by atoms with Crippen molar-refractivity contribution in [2.45, 2.75) is 6.92 Å². The van der Waals surface area contributed by atoms with Gasteiger partial charge in [-0.2, -0.15) is 5.26 Å². The minimum absolute atomic E-state index is 0.169. The second-order valence-corrected chi connectivity index (χ2v) is 2.37. The molecule has 0 atom stereocenters. The predicted octanol–water partition coefficient (Wildman–Crippen LogP) is 1.28. The van der Waals surface area contributed by atoms with Crippen molar-refractivity contribution in [3.8, 4) is 6.07 Å². The van der Waals surface area contributed by atoms with E-state index in [4.69, 9.17) is 9.68 Å². The maximum atomic E-state index is 10.6. The highest BCUT2D eigenvalue weighted by atomic mass is 16.3. The minimum atomic E-state index is -0.278. The SMILES string of the molecule is CC(=O)N/C(C#N)=C/c1ccco1. The van der Waals surface area contributed by atoms with E-state index in [0.717, 1.165) is 0 Å². The van der Waals surface area contributed by atoms with Crippen LogP contribution in [0.25, 0.3) is 6.08 Å². The number of nitrogens with zero attached hydrogens (tertiary/aromatic N) is 1. The summed E-state index contributed by atoms with van der Waals surface area (Å²) in [5, 5.41) is 11.0. The summed E-state index contributed by atoms with van der Waals surface area (Å²) in [6.07, 6.45) is 2.95. The first-order valence-corrected chi connectivity index (χ1v) is 3.65. The quantitative estimate of drug-likeness (QED) is 0.690. The molecule has 0 aliphatic rings. The molecule has 66 valence electrons. The topological polar surface area (TPSA) is 66.0 Å². The van der Waals surface area contributed by atoms with Gasteiger partial charge in [0.05, 0.1) is 6.26 Å². The van der Waals surface area contributed by atoms with E-state index in [2.05, 4.69) is 5.32 Å². The van der Waals surface area contributed by atoms with E-state index in [-0.39, 0.29) is 11.6 Å². The van der Waals surface area contributed by atoms with Gasteiger partial charge in [-0.3, -0.25) is 4.79 Å². The Balaban J connectivity index is 2.79. The van der Waals surface area contributed by atoms with Crippen molar-refractivity contribution in [2.75, 3.05) is 0 Å². The summed E-state index contributed by atoms with van der Waals surface area (Å²) in [6.45, 7) is 1.34. The van der Waals surface area contributed by atoms with Crippen molar-refractivity contribution in [3.05, 3.63) is 29.9 Å². The van der Waals surface area contributed by atoms with Crippen LogP contribution in [-0.4, -0.2) is 5.91 Å². The molecular formula is C9H8N2O2. The van der Waals surface area contributed by atoms with Crippen LogP contribution in [0, 0.1) is 11.3 Å². The molecule has 4 nitrogen and oxygen atoms in total. The number of nitriles is 1. The average molecular weight is 176 g/mol. The van der Waals surface area contributed by atoms with Gasteiger partial charge in [-0.1, -0.05) is 0 Å². The van der Waals surface area contributed by atoms with Crippen molar-refractivity contribution >= 4 is 12.0 Å². The molecule has 0 fully saturated rings. The van der Waals surface area contributed by atoms with Crippen LogP contribution in [-0.2, 0) is 4.79 Å². The lowest BCUT2D eigenvalue weighted by Crippen LogP contribution is -2.17. The molecule has 0 saturated carbocycles. The third-order valence-electron chi connectivity index (χ3n) is 1.26. The Morgan fingerprint density at radius 3 is 3.00 bits per heavy atom. The lowest BCUT2D eigenvalue weighted by molar-refractivity contribution is -0.118. The fourth-order valence-corrected chi connectivity index (χ4v) is 0.802. The van der Waals surface area contributed by atoms with E-state index >= 15 is 0 Å². The Bertz CT molecular complexity index is 357.